The number of hydrogen-bond acceptors (Lipinski definition) is 2. The van der Waals surface area contributed by atoms with Gasteiger partial charge in [-0.1, -0.05) is 181 Å². The van der Waals surface area contributed by atoms with Crippen molar-refractivity contribution in [1.82, 2.24) is 0 Å². The molecule has 0 rings (SSSR count). The first-order valence-corrected chi connectivity index (χ1v) is 18.6. The van der Waals surface area contributed by atoms with E-state index in [0.717, 1.165) is 0 Å². The molecule has 0 aromatic carbocycles. The first-order chi connectivity index (χ1) is 17.2. The third-order valence-corrected chi connectivity index (χ3v) is 11.8. The van der Waals surface area contributed by atoms with Gasteiger partial charge in [0, 0.05) is 14.2 Å². The zero-order valence-corrected chi connectivity index (χ0v) is 26.1. The predicted octanol–water partition coefficient (Wildman–Crippen LogP) is 11.9. The number of hydrogen-bond donors (Lipinski definition) is 0. The molecule has 0 aliphatic heterocycles. The lowest BCUT2D eigenvalue weighted by Crippen LogP contribution is -2.39. The normalized spacial score (nSPS) is 12.0. The van der Waals surface area contributed by atoms with Gasteiger partial charge in [-0.3, -0.25) is 0 Å². The van der Waals surface area contributed by atoms with Crippen LogP contribution in [0.5, 0.6) is 0 Å². The Bertz CT molecular complexity index is 384. The molecule has 0 N–H and O–H groups in total. The standard InChI is InChI=1S/C32H68O2Si/c1-5-7-9-11-13-15-17-18-19-20-21-22-24-26-28-30-32-35(33-3,34-4)31-29-27-25-23-16-14-12-10-8-6-2/h5-32H2,1-4H3. The predicted molar refractivity (Wildman–Crippen MR) is 161 cm³/mol. The van der Waals surface area contributed by atoms with Gasteiger partial charge >= 0.3 is 8.56 Å². The molecule has 2 nitrogen and oxygen atoms in total. The summed E-state index contributed by atoms with van der Waals surface area (Å²) in [7, 11) is 1.86. The molecule has 0 aromatic rings. The summed E-state index contributed by atoms with van der Waals surface area (Å²) in [6.07, 6.45) is 36.8. The second-order valence-corrected chi connectivity index (χ2v) is 14.9. The molecule has 0 heterocycles. The Morgan fingerprint density at radius 3 is 0.714 bits per heavy atom. The van der Waals surface area contributed by atoms with Crippen LogP contribution < -0.4 is 0 Å². The Hall–Kier alpha value is 0.137. The van der Waals surface area contributed by atoms with E-state index in [2.05, 4.69) is 13.8 Å². The highest BCUT2D eigenvalue weighted by molar-refractivity contribution is 6.67. The molecular formula is C32H68O2Si. The summed E-state index contributed by atoms with van der Waals surface area (Å²) in [5.41, 5.74) is 0. The van der Waals surface area contributed by atoms with E-state index in [1.807, 2.05) is 14.2 Å². The highest BCUT2D eigenvalue weighted by Gasteiger charge is 2.33. The van der Waals surface area contributed by atoms with Crippen LogP contribution in [0.1, 0.15) is 181 Å². The Labute approximate surface area is 224 Å². The Morgan fingerprint density at radius 2 is 0.514 bits per heavy atom. The summed E-state index contributed by atoms with van der Waals surface area (Å²) >= 11 is 0. The van der Waals surface area contributed by atoms with Crippen molar-refractivity contribution >= 4 is 8.56 Å². The van der Waals surface area contributed by atoms with E-state index in [1.165, 1.54) is 179 Å². The van der Waals surface area contributed by atoms with E-state index >= 15 is 0 Å². The van der Waals surface area contributed by atoms with Crippen LogP contribution in [0.2, 0.25) is 12.1 Å². The molecule has 0 bridgehead atoms. The van der Waals surface area contributed by atoms with Crippen molar-refractivity contribution in [3.63, 3.8) is 0 Å². The lowest BCUT2D eigenvalue weighted by molar-refractivity contribution is 0.238. The molecule has 0 atom stereocenters. The molecule has 0 fully saturated rings. The fourth-order valence-electron chi connectivity index (χ4n) is 5.44. The van der Waals surface area contributed by atoms with Crippen LogP contribution in [0.4, 0.5) is 0 Å². The van der Waals surface area contributed by atoms with Crippen LogP contribution in [0.15, 0.2) is 0 Å². The lowest BCUT2D eigenvalue weighted by atomic mass is 10.0. The second-order valence-electron chi connectivity index (χ2n) is 11.3. The van der Waals surface area contributed by atoms with Crippen molar-refractivity contribution in [2.75, 3.05) is 14.2 Å². The Kier molecular flexibility index (Phi) is 28.8. The topological polar surface area (TPSA) is 18.5 Å². The molecule has 35 heavy (non-hydrogen) atoms. The fraction of sp³-hybridized carbons (Fsp3) is 1.00. The maximum Gasteiger partial charge on any atom is 0.337 e. The summed E-state index contributed by atoms with van der Waals surface area (Å²) < 4.78 is 12.0. The average molecular weight is 513 g/mol. The average Bonchev–Trinajstić information content (AvgIpc) is 2.88. The van der Waals surface area contributed by atoms with E-state index in [4.69, 9.17) is 8.85 Å². The maximum absolute atomic E-state index is 6.01. The van der Waals surface area contributed by atoms with Crippen LogP contribution >= 0.6 is 0 Å². The molecule has 0 aliphatic rings. The minimum Gasteiger partial charge on any atom is -0.398 e. The third kappa shape index (κ3) is 24.2. The van der Waals surface area contributed by atoms with Gasteiger partial charge < -0.3 is 8.85 Å². The van der Waals surface area contributed by atoms with E-state index < -0.39 is 8.56 Å². The van der Waals surface area contributed by atoms with Gasteiger partial charge in [0.05, 0.1) is 0 Å². The Balaban J connectivity index is 3.53. The molecule has 0 aliphatic carbocycles. The van der Waals surface area contributed by atoms with Crippen LogP contribution in [-0.2, 0) is 8.85 Å². The van der Waals surface area contributed by atoms with Crippen LogP contribution in [-0.4, -0.2) is 22.8 Å². The second kappa shape index (κ2) is 28.7. The molecule has 0 unspecified atom stereocenters. The van der Waals surface area contributed by atoms with E-state index in [9.17, 15) is 0 Å². The monoisotopic (exact) mass is 512 g/mol. The molecule has 0 saturated carbocycles. The molecule has 0 aromatic heterocycles. The van der Waals surface area contributed by atoms with Gasteiger partial charge in [-0.25, -0.2) is 0 Å². The van der Waals surface area contributed by atoms with Gasteiger partial charge in [-0.2, -0.15) is 0 Å². The van der Waals surface area contributed by atoms with Crippen molar-refractivity contribution in [3.8, 4) is 0 Å². The zero-order valence-electron chi connectivity index (χ0n) is 25.1. The quantitative estimate of drug-likeness (QED) is 0.0703. The van der Waals surface area contributed by atoms with Gasteiger partial charge in [0.2, 0.25) is 0 Å². The van der Waals surface area contributed by atoms with Crippen LogP contribution in [0, 0.1) is 0 Å². The highest BCUT2D eigenvalue weighted by Crippen LogP contribution is 2.25. The van der Waals surface area contributed by atoms with E-state index in [1.54, 1.807) is 0 Å². The lowest BCUT2D eigenvalue weighted by Gasteiger charge is -2.27. The van der Waals surface area contributed by atoms with E-state index in [-0.39, 0.29) is 0 Å². The summed E-state index contributed by atoms with van der Waals surface area (Å²) in [4.78, 5) is 0. The summed E-state index contributed by atoms with van der Waals surface area (Å²) in [6.45, 7) is 4.60. The minimum absolute atomic E-state index is 1.19. The summed E-state index contributed by atoms with van der Waals surface area (Å²) in [5, 5.41) is 0. The fourth-order valence-corrected chi connectivity index (χ4v) is 8.25. The number of rotatable bonds is 30. The van der Waals surface area contributed by atoms with E-state index in [0.29, 0.717) is 0 Å². The largest absolute Gasteiger partial charge is 0.398 e. The molecule has 0 spiro atoms. The SMILES string of the molecule is CCCCCCCCCCCCCCCCCC[Si](CCCCCCCCCCCC)(OC)OC. The molecule has 0 radical (unpaired) electrons. The van der Waals surface area contributed by atoms with Crippen LogP contribution in [0.25, 0.3) is 0 Å². The van der Waals surface area contributed by atoms with Crippen molar-refractivity contribution in [3.05, 3.63) is 0 Å². The van der Waals surface area contributed by atoms with Crippen LogP contribution in [0.3, 0.4) is 0 Å². The Morgan fingerprint density at radius 1 is 0.314 bits per heavy atom. The summed E-state index contributed by atoms with van der Waals surface area (Å²) in [6, 6.07) is 2.38. The van der Waals surface area contributed by atoms with Gasteiger partial charge in [-0.15, -0.1) is 0 Å². The first kappa shape index (κ1) is 35.1. The molecule has 212 valence electrons. The first-order valence-electron chi connectivity index (χ1n) is 16.3. The maximum atomic E-state index is 6.01. The van der Waals surface area contributed by atoms with Crippen molar-refractivity contribution in [1.29, 1.82) is 0 Å². The van der Waals surface area contributed by atoms with Crippen molar-refractivity contribution in [2.45, 2.75) is 193 Å². The zero-order chi connectivity index (χ0) is 25.7. The smallest absolute Gasteiger partial charge is 0.337 e. The molecule has 3 heteroatoms. The van der Waals surface area contributed by atoms with Gasteiger partial charge in [0.15, 0.2) is 0 Å². The van der Waals surface area contributed by atoms with Gasteiger partial charge in [-0.05, 0) is 12.1 Å². The van der Waals surface area contributed by atoms with Crippen molar-refractivity contribution in [2.24, 2.45) is 0 Å². The van der Waals surface area contributed by atoms with Crippen molar-refractivity contribution < 1.29 is 8.85 Å². The minimum atomic E-state index is -1.94. The molecule has 0 saturated heterocycles. The molecule has 0 amide bonds. The van der Waals surface area contributed by atoms with Gasteiger partial charge in [0.25, 0.3) is 0 Å². The third-order valence-electron chi connectivity index (χ3n) is 8.07. The number of unbranched alkanes of at least 4 members (excludes halogenated alkanes) is 24. The summed E-state index contributed by atoms with van der Waals surface area (Å²) in [5.74, 6) is 0. The van der Waals surface area contributed by atoms with Gasteiger partial charge in [0.1, 0.15) is 0 Å². The molecular weight excluding hydrogens is 444 g/mol. The highest BCUT2D eigenvalue weighted by atomic mass is 28.4.